The predicted molar refractivity (Wildman–Crippen MR) is 84.9 cm³/mol. The average molecular weight is 305 g/mol. The molecule has 5 heteroatoms. The van der Waals surface area contributed by atoms with Gasteiger partial charge in [0, 0.05) is 27.1 Å². The summed E-state index contributed by atoms with van der Waals surface area (Å²) in [6, 6.07) is 0. The van der Waals surface area contributed by atoms with Crippen molar-refractivity contribution in [3.8, 4) is 0 Å². The van der Waals surface area contributed by atoms with E-state index in [-0.39, 0.29) is 0 Å². The Morgan fingerprint density at radius 1 is 0.714 bits per heavy atom. The smallest absolute Gasteiger partial charge is 0.230 e. The van der Waals surface area contributed by atoms with E-state index in [0.29, 0.717) is 26.1 Å². The highest BCUT2D eigenvalue weighted by molar-refractivity contribution is 4.74. The summed E-state index contributed by atoms with van der Waals surface area (Å²) in [4.78, 5) is 0. The van der Waals surface area contributed by atoms with Gasteiger partial charge in [0.2, 0.25) is 11.8 Å². The quantitative estimate of drug-likeness (QED) is 0.392. The molecular formula is C16H35NO4. The van der Waals surface area contributed by atoms with Crippen molar-refractivity contribution >= 4 is 0 Å². The fraction of sp³-hybridized carbons (Fsp3) is 1.00. The Balaban J connectivity index is 4.85. The molecule has 0 saturated carbocycles. The van der Waals surface area contributed by atoms with Gasteiger partial charge in [0.25, 0.3) is 0 Å². The zero-order chi connectivity index (χ0) is 16.2. The minimum absolute atomic E-state index is 0.643. The molecule has 1 N–H and O–H groups in total. The number of hydrogen-bond acceptors (Lipinski definition) is 5. The van der Waals surface area contributed by atoms with E-state index in [4.69, 9.17) is 18.9 Å². The molecule has 2 unspecified atom stereocenters. The topological polar surface area (TPSA) is 49.0 Å². The summed E-state index contributed by atoms with van der Waals surface area (Å²) in [5.41, 5.74) is 0. The molecule has 0 bridgehead atoms. The van der Waals surface area contributed by atoms with Crippen LogP contribution in [0.15, 0.2) is 0 Å². The maximum atomic E-state index is 5.94. The molecule has 0 aliphatic heterocycles. The van der Waals surface area contributed by atoms with E-state index >= 15 is 0 Å². The number of hydrogen-bond donors (Lipinski definition) is 1. The Morgan fingerprint density at radius 2 is 1.10 bits per heavy atom. The van der Waals surface area contributed by atoms with Gasteiger partial charge in [-0.1, -0.05) is 40.5 Å². The van der Waals surface area contributed by atoms with E-state index in [2.05, 4.69) is 19.2 Å². The van der Waals surface area contributed by atoms with E-state index in [1.54, 1.807) is 14.2 Å². The molecule has 2 atom stereocenters. The lowest BCUT2D eigenvalue weighted by Gasteiger charge is -2.41. The van der Waals surface area contributed by atoms with E-state index in [0.717, 1.165) is 25.7 Å². The van der Waals surface area contributed by atoms with Crippen molar-refractivity contribution in [3.05, 3.63) is 0 Å². The van der Waals surface area contributed by atoms with Crippen molar-refractivity contribution in [1.29, 1.82) is 0 Å². The predicted octanol–water partition coefficient (Wildman–Crippen LogP) is 3.63. The molecular weight excluding hydrogens is 270 g/mol. The Bertz CT molecular complexity index is 216. The lowest BCUT2D eigenvalue weighted by Crippen LogP contribution is -2.62. The lowest BCUT2D eigenvalue weighted by molar-refractivity contribution is -0.334. The SMILES string of the molecule is CCCCOC(CC)(NC(CC)(OC)OCCCC)OC. The van der Waals surface area contributed by atoms with Gasteiger partial charge in [-0.25, -0.2) is 5.32 Å². The van der Waals surface area contributed by atoms with Gasteiger partial charge in [-0.05, 0) is 12.8 Å². The Morgan fingerprint density at radius 3 is 1.33 bits per heavy atom. The van der Waals surface area contributed by atoms with Gasteiger partial charge >= 0.3 is 0 Å². The van der Waals surface area contributed by atoms with E-state index in [9.17, 15) is 0 Å². The molecule has 0 aromatic carbocycles. The molecule has 0 aliphatic carbocycles. The van der Waals surface area contributed by atoms with Crippen molar-refractivity contribution in [2.75, 3.05) is 27.4 Å². The van der Waals surface area contributed by atoms with Crippen LogP contribution in [0.25, 0.3) is 0 Å². The number of rotatable bonds is 14. The van der Waals surface area contributed by atoms with Crippen molar-refractivity contribution in [2.24, 2.45) is 0 Å². The Hall–Kier alpha value is -0.200. The first-order valence-corrected chi connectivity index (χ1v) is 8.25. The highest BCUT2D eigenvalue weighted by atomic mass is 16.8. The van der Waals surface area contributed by atoms with Crippen LogP contribution in [0.4, 0.5) is 0 Å². The summed E-state index contributed by atoms with van der Waals surface area (Å²) in [7, 11) is 3.29. The summed E-state index contributed by atoms with van der Waals surface area (Å²) in [5.74, 6) is -1.76. The molecule has 0 heterocycles. The van der Waals surface area contributed by atoms with Gasteiger partial charge in [-0.2, -0.15) is 0 Å². The van der Waals surface area contributed by atoms with E-state index < -0.39 is 11.8 Å². The summed E-state index contributed by atoms with van der Waals surface area (Å²) >= 11 is 0. The number of nitrogens with one attached hydrogen (secondary N) is 1. The van der Waals surface area contributed by atoms with Crippen LogP contribution in [-0.4, -0.2) is 39.3 Å². The van der Waals surface area contributed by atoms with Crippen LogP contribution in [0.5, 0.6) is 0 Å². The molecule has 0 spiro atoms. The molecule has 0 saturated heterocycles. The second-order valence-corrected chi connectivity index (χ2v) is 5.15. The van der Waals surface area contributed by atoms with Gasteiger partial charge < -0.3 is 18.9 Å². The van der Waals surface area contributed by atoms with Crippen molar-refractivity contribution < 1.29 is 18.9 Å². The molecule has 0 radical (unpaired) electrons. The van der Waals surface area contributed by atoms with E-state index in [1.807, 2.05) is 13.8 Å². The monoisotopic (exact) mass is 305 g/mol. The van der Waals surface area contributed by atoms with E-state index in [1.165, 1.54) is 0 Å². The van der Waals surface area contributed by atoms with Crippen LogP contribution in [0, 0.1) is 0 Å². The third-order valence-corrected chi connectivity index (χ3v) is 3.64. The van der Waals surface area contributed by atoms with Gasteiger partial charge in [0.05, 0.1) is 13.2 Å². The van der Waals surface area contributed by atoms with Crippen LogP contribution in [0.1, 0.15) is 66.2 Å². The third-order valence-electron chi connectivity index (χ3n) is 3.64. The van der Waals surface area contributed by atoms with Gasteiger partial charge in [-0.3, -0.25) is 0 Å². The largest absolute Gasteiger partial charge is 0.341 e. The first kappa shape index (κ1) is 20.8. The zero-order valence-corrected chi connectivity index (χ0v) is 14.8. The molecule has 0 rings (SSSR count). The number of ether oxygens (including phenoxy) is 4. The molecule has 5 nitrogen and oxygen atoms in total. The van der Waals surface area contributed by atoms with Crippen molar-refractivity contribution in [1.82, 2.24) is 5.32 Å². The molecule has 0 aliphatic rings. The summed E-state index contributed by atoms with van der Waals surface area (Å²) in [6.45, 7) is 9.59. The molecule has 128 valence electrons. The number of unbranched alkanes of at least 4 members (excludes halogenated alkanes) is 2. The van der Waals surface area contributed by atoms with Gasteiger partial charge in [0.15, 0.2) is 0 Å². The second-order valence-electron chi connectivity index (χ2n) is 5.15. The molecule has 0 aromatic rings. The van der Waals surface area contributed by atoms with Crippen molar-refractivity contribution in [3.63, 3.8) is 0 Å². The standard InChI is InChI=1S/C16H35NO4/c1-7-11-13-20-15(9-3,18-5)17-16(10-4,19-6)21-14-12-8-2/h17H,7-14H2,1-6H3. The Kier molecular flexibility index (Phi) is 11.3. The third kappa shape index (κ3) is 7.06. The van der Waals surface area contributed by atoms with Crippen LogP contribution in [0.2, 0.25) is 0 Å². The first-order chi connectivity index (χ1) is 10.1. The van der Waals surface area contributed by atoms with Crippen LogP contribution in [0.3, 0.4) is 0 Å². The minimum atomic E-state index is -0.882. The zero-order valence-electron chi connectivity index (χ0n) is 14.8. The average Bonchev–Trinajstić information content (AvgIpc) is 2.53. The summed E-state index contributed by atoms with van der Waals surface area (Å²) in [6.07, 6.45) is 5.48. The van der Waals surface area contributed by atoms with Crippen LogP contribution < -0.4 is 5.32 Å². The summed E-state index contributed by atoms with van der Waals surface area (Å²) < 4.78 is 23.1. The number of methoxy groups -OCH3 is 2. The highest BCUT2D eigenvalue weighted by Gasteiger charge is 2.40. The fourth-order valence-electron chi connectivity index (χ4n) is 2.01. The van der Waals surface area contributed by atoms with Crippen molar-refractivity contribution in [2.45, 2.75) is 78.0 Å². The maximum Gasteiger partial charge on any atom is 0.230 e. The van der Waals surface area contributed by atoms with Crippen LogP contribution in [-0.2, 0) is 18.9 Å². The highest BCUT2D eigenvalue weighted by Crippen LogP contribution is 2.23. The molecule has 21 heavy (non-hydrogen) atoms. The first-order valence-electron chi connectivity index (χ1n) is 8.25. The summed E-state index contributed by atoms with van der Waals surface area (Å²) in [5, 5.41) is 3.31. The van der Waals surface area contributed by atoms with Crippen LogP contribution >= 0.6 is 0 Å². The lowest BCUT2D eigenvalue weighted by atomic mass is 10.2. The normalized spacial score (nSPS) is 17.4. The van der Waals surface area contributed by atoms with Gasteiger partial charge in [0.1, 0.15) is 0 Å². The second kappa shape index (κ2) is 11.4. The fourth-order valence-corrected chi connectivity index (χ4v) is 2.01. The Labute approximate surface area is 130 Å². The molecule has 0 fully saturated rings. The minimum Gasteiger partial charge on any atom is -0.341 e. The molecule has 0 amide bonds. The maximum absolute atomic E-state index is 5.94. The molecule has 0 aromatic heterocycles. The van der Waals surface area contributed by atoms with Gasteiger partial charge in [-0.15, -0.1) is 0 Å².